The molecule has 1 heterocycles. The highest BCUT2D eigenvalue weighted by Gasteiger charge is 2.28. The van der Waals surface area contributed by atoms with E-state index >= 15 is 0 Å². The van der Waals surface area contributed by atoms with Crippen LogP contribution in [-0.4, -0.2) is 55.0 Å². The Morgan fingerprint density at radius 2 is 1.52 bits per heavy atom. The fourth-order valence-electron chi connectivity index (χ4n) is 3.15. The molecule has 2 aromatic carbocycles. The molecule has 0 aromatic heterocycles. The van der Waals surface area contributed by atoms with Crippen LogP contribution in [0.3, 0.4) is 0 Å². The molecule has 1 aliphatic heterocycles. The highest BCUT2D eigenvalue weighted by atomic mass is 16.5. The van der Waals surface area contributed by atoms with Crippen molar-refractivity contribution in [1.29, 1.82) is 0 Å². The number of hydrogen-bond acceptors (Lipinski definition) is 7. The molecule has 2 aromatic rings. The van der Waals surface area contributed by atoms with Gasteiger partial charge in [-0.1, -0.05) is 12.1 Å². The van der Waals surface area contributed by atoms with Crippen LogP contribution in [0.4, 0.5) is 0 Å². The Hall–Kier alpha value is -3.88. The third-order valence-electron chi connectivity index (χ3n) is 4.85. The van der Waals surface area contributed by atoms with Crippen LogP contribution < -0.4 is 14.8 Å². The van der Waals surface area contributed by atoms with Gasteiger partial charge in [0, 0.05) is 12.8 Å². The van der Waals surface area contributed by atoms with Crippen molar-refractivity contribution in [2.75, 3.05) is 26.4 Å². The number of benzene rings is 2. The SMILES string of the molecule is CCOc1ccc(OCCNC(=O)COC(=O)c2ccc(CN3C(=O)CCC3=O)cc2)cc1. The number of hydrogen-bond donors (Lipinski definition) is 1. The average Bonchev–Trinajstić information content (AvgIpc) is 3.14. The molecule has 0 spiro atoms. The molecular weight excluding hydrogens is 428 g/mol. The molecule has 174 valence electrons. The molecule has 33 heavy (non-hydrogen) atoms. The van der Waals surface area contributed by atoms with Crippen LogP contribution in [0.15, 0.2) is 48.5 Å². The summed E-state index contributed by atoms with van der Waals surface area (Å²) in [5.41, 5.74) is 0.991. The number of imide groups is 1. The van der Waals surface area contributed by atoms with Crippen molar-refractivity contribution in [3.63, 3.8) is 0 Å². The van der Waals surface area contributed by atoms with Crippen LogP contribution in [0, 0.1) is 0 Å². The van der Waals surface area contributed by atoms with Crippen LogP contribution in [0.25, 0.3) is 0 Å². The summed E-state index contributed by atoms with van der Waals surface area (Å²) < 4.78 is 15.9. The molecule has 0 saturated carbocycles. The zero-order valence-electron chi connectivity index (χ0n) is 18.4. The molecule has 1 fully saturated rings. The van der Waals surface area contributed by atoms with Crippen LogP contribution in [0.1, 0.15) is 35.7 Å². The minimum absolute atomic E-state index is 0.175. The number of ether oxygens (including phenoxy) is 3. The van der Waals surface area contributed by atoms with Gasteiger partial charge in [0.1, 0.15) is 18.1 Å². The van der Waals surface area contributed by atoms with Gasteiger partial charge in [-0.2, -0.15) is 0 Å². The summed E-state index contributed by atoms with van der Waals surface area (Å²) in [6.07, 6.45) is 0.470. The van der Waals surface area contributed by atoms with Gasteiger partial charge in [-0.15, -0.1) is 0 Å². The van der Waals surface area contributed by atoms with E-state index in [0.29, 0.717) is 12.4 Å². The van der Waals surface area contributed by atoms with Crippen molar-refractivity contribution in [3.8, 4) is 11.5 Å². The third kappa shape index (κ3) is 7.06. The van der Waals surface area contributed by atoms with Gasteiger partial charge >= 0.3 is 5.97 Å². The van der Waals surface area contributed by atoms with E-state index in [4.69, 9.17) is 14.2 Å². The average molecular weight is 454 g/mol. The second-order valence-electron chi connectivity index (χ2n) is 7.25. The minimum Gasteiger partial charge on any atom is -0.494 e. The van der Waals surface area contributed by atoms with E-state index in [0.717, 1.165) is 11.3 Å². The number of rotatable bonds is 11. The van der Waals surface area contributed by atoms with Crippen LogP contribution in [-0.2, 0) is 25.7 Å². The van der Waals surface area contributed by atoms with Gasteiger partial charge in [-0.05, 0) is 48.9 Å². The van der Waals surface area contributed by atoms with Gasteiger partial charge < -0.3 is 19.5 Å². The monoisotopic (exact) mass is 454 g/mol. The first-order valence-electron chi connectivity index (χ1n) is 10.7. The quantitative estimate of drug-likeness (QED) is 0.314. The molecule has 0 atom stereocenters. The van der Waals surface area contributed by atoms with E-state index < -0.39 is 18.5 Å². The lowest BCUT2D eigenvalue weighted by Crippen LogP contribution is -2.32. The highest BCUT2D eigenvalue weighted by molar-refractivity contribution is 6.01. The number of amides is 3. The van der Waals surface area contributed by atoms with E-state index in [2.05, 4.69) is 5.32 Å². The van der Waals surface area contributed by atoms with E-state index in [1.54, 1.807) is 36.4 Å². The lowest BCUT2D eigenvalue weighted by atomic mass is 10.1. The number of nitrogens with zero attached hydrogens (tertiary/aromatic N) is 1. The summed E-state index contributed by atoms with van der Waals surface area (Å²) in [6, 6.07) is 13.5. The molecule has 0 bridgehead atoms. The Balaban J connectivity index is 1.34. The van der Waals surface area contributed by atoms with Gasteiger partial charge in [0.05, 0.1) is 25.3 Å². The Bertz CT molecular complexity index is 971. The lowest BCUT2D eigenvalue weighted by Gasteiger charge is -2.13. The van der Waals surface area contributed by atoms with Crippen molar-refractivity contribution in [3.05, 3.63) is 59.7 Å². The maximum absolute atomic E-state index is 12.1. The van der Waals surface area contributed by atoms with Gasteiger partial charge in [0.2, 0.25) is 11.8 Å². The van der Waals surface area contributed by atoms with E-state index in [1.807, 2.05) is 6.92 Å². The standard InChI is InChI=1S/C24H26N2O7/c1-2-31-19-7-9-20(10-8-19)32-14-13-25-21(27)16-33-24(30)18-5-3-17(4-6-18)15-26-22(28)11-12-23(26)29/h3-10H,2,11-16H2,1H3,(H,25,27). The molecule has 1 saturated heterocycles. The maximum atomic E-state index is 12.1. The van der Waals surface area contributed by atoms with Crippen molar-refractivity contribution in [2.45, 2.75) is 26.3 Å². The van der Waals surface area contributed by atoms with E-state index in [1.165, 1.54) is 17.0 Å². The molecule has 0 radical (unpaired) electrons. The zero-order valence-corrected chi connectivity index (χ0v) is 18.4. The Morgan fingerprint density at radius 1 is 0.909 bits per heavy atom. The fourth-order valence-corrected chi connectivity index (χ4v) is 3.15. The molecule has 0 aliphatic carbocycles. The molecule has 1 N–H and O–H groups in total. The first-order chi connectivity index (χ1) is 16.0. The molecule has 0 unspecified atom stereocenters. The predicted molar refractivity (Wildman–Crippen MR) is 118 cm³/mol. The smallest absolute Gasteiger partial charge is 0.338 e. The second kappa shape index (κ2) is 11.7. The maximum Gasteiger partial charge on any atom is 0.338 e. The molecule has 1 aliphatic rings. The van der Waals surface area contributed by atoms with Gasteiger partial charge in [-0.25, -0.2) is 4.79 Å². The zero-order chi connectivity index (χ0) is 23.6. The minimum atomic E-state index is -0.643. The van der Waals surface area contributed by atoms with Crippen molar-refractivity contribution in [2.24, 2.45) is 0 Å². The Morgan fingerprint density at radius 3 is 2.12 bits per heavy atom. The highest BCUT2D eigenvalue weighted by Crippen LogP contribution is 2.18. The van der Waals surface area contributed by atoms with Gasteiger partial charge in [0.25, 0.3) is 5.91 Å². The van der Waals surface area contributed by atoms with Crippen LogP contribution >= 0.6 is 0 Å². The van der Waals surface area contributed by atoms with Crippen LogP contribution in [0.5, 0.6) is 11.5 Å². The number of esters is 1. The number of nitrogens with one attached hydrogen (secondary N) is 1. The van der Waals surface area contributed by atoms with E-state index in [9.17, 15) is 19.2 Å². The number of carbonyl (C=O) groups is 4. The number of likely N-dealkylation sites (tertiary alicyclic amines) is 1. The Kier molecular flexibility index (Phi) is 8.40. The summed E-state index contributed by atoms with van der Waals surface area (Å²) in [4.78, 5) is 48.6. The summed E-state index contributed by atoms with van der Waals surface area (Å²) >= 11 is 0. The first kappa shape index (κ1) is 23.8. The molecule has 9 heteroatoms. The predicted octanol–water partition coefficient (Wildman–Crippen LogP) is 2.09. The molecule has 3 amide bonds. The van der Waals surface area contributed by atoms with Crippen molar-refractivity contribution >= 4 is 23.7 Å². The summed E-state index contributed by atoms with van der Waals surface area (Å²) in [7, 11) is 0. The van der Waals surface area contributed by atoms with Crippen LogP contribution in [0.2, 0.25) is 0 Å². The summed E-state index contributed by atoms with van der Waals surface area (Å²) in [5.74, 6) is -0.0665. The van der Waals surface area contributed by atoms with Gasteiger partial charge in [0.15, 0.2) is 6.61 Å². The van der Waals surface area contributed by atoms with Gasteiger partial charge in [-0.3, -0.25) is 19.3 Å². The summed E-state index contributed by atoms with van der Waals surface area (Å²) in [6.45, 7) is 2.77. The molecular formula is C24H26N2O7. The molecule has 3 rings (SSSR count). The molecule has 9 nitrogen and oxygen atoms in total. The van der Waals surface area contributed by atoms with Crippen molar-refractivity contribution in [1.82, 2.24) is 10.2 Å². The van der Waals surface area contributed by atoms with Crippen molar-refractivity contribution < 1.29 is 33.4 Å². The van der Waals surface area contributed by atoms with E-state index in [-0.39, 0.29) is 49.9 Å². The number of carbonyl (C=O) groups excluding carboxylic acids is 4. The third-order valence-corrected chi connectivity index (χ3v) is 4.85. The first-order valence-corrected chi connectivity index (χ1v) is 10.7. The topological polar surface area (TPSA) is 111 Å². The normalized spacial score (nSPS) is 13.1. The lowest BCUT2D eigenvalue weighted by molar-refractivity contribution is -0.139. The second-order valence-corrected chi connectivity index (χ2v) is 7.25. The summed E-state index contributed by atoms with van der Waals surface area (Å²) in [5, 5.41) is 2.61. The fraction of sp³-hybridized carbons (Fsp3) is 0.333. The Labute approximate surface area is 191 Å². The largest absolute Gasteiger partial charge is 0.494 e.